The van der Waals surface area contributed by atoms with E-state index in [1.165, 1.54) is 25.9 Å². The summed E-state index contributed by atoms with van der Waals surface area (Å²) in [5.74, 6) is 0.165. The van der Waals surface area contributed by atoms with Crippen LogP contribution in [0.15, 0.2) is 30.3 Å². The lowest BCUT2D eigenvalue weighted by atomic mass is 10.0. The van der Waals surface area contributed by atoms with Crippen LogP contribution in [0.2, 0.25) is 0 Å². The zero-order valence-electron chi connectivity index (χ0n) is 14.9. The zero-order chi connectivity index (χ0) is 17.1. The van der Waals surface area contributed by atoms with Crippen molar-refractivity contribution in [3.8, 4) is 0 Å². The molecule has 5 heteroatoms. The third-order valence-corrected chi connectivity index (χ3v) is 5.91. The molecule has 5 nitrogen and oxygen atoms in total. The molecule has 1 aromatic rings. The minimum atomic E-state index is 0.165. The molecule has 3 aliphatic rings. The number of carbonyl (C=O) groups excluding carboxylic acids is 1. The topological polar surface area (TPSA) is 44.8 Å². The van der Waals surface area contributed by atoms with Crippen LogP contribution in [-0.4, -0.2) is 73.2 Å². The number of rotatable bonds is 4. The summed E-state index contributed by atoms with van der Waals surface area (Å²) in [5.41, 5.74) is 0.798. The van der Waals surface area contributed by atoms with E-state index in [1.54, 1.807) is 0 Å². The molecule has 2 atom stereocenters. The molecule has 0 aliphatic carbocycles. The van der Waals surface area contributed by atoms with Crippen LogP contribution >= 0.6 is 0 Å². The van der Waals surface area contributed by atoms with Gasteiger partial charge in [0, 0.05) is 30.7 Å². The Morgan fingerprint density at radius 3 is 2.44 bits per heavy atom. The van der Waals surface area contributed by atoms with Crippen molar-refractivity contribution >= 4 is 5.91 Å². The van der Waals surface area contributed by atoms with Crippen molar-refractivity contribution in [3.05, 3.63) is 35.9 Å². The average Bonchev–Trinajstić information content (AvgIpc) is 3.34. The molecule has 136 valence electrons. The Kier molecular flexibility index (Phi) is 5.34. The molecular formula is C20H29N3O2. The minimum Gasteiger partial charge on any atom is -0.378 e. The van der Waals surface area contributed by atoms with Gasteiger partial charge >= 0.3 is 0 Å². The fourth-order valence-electron chi connectivity index (χ4n) is 4.45. The molecule has 0 radical (unpaired) electrons. The summed E-state index contributed by atoms with van der Waals surface area (Å²) in [7, 11) is 0. The predicted octanol–water partition coefficient (Wildman–Crippen LogP) is 1.74. The van der Waals surface area contributed by atoms with Gasteiger partial charge in [-0.1, -0.05) is 18.2 Å². The largest absolute Gasteiger partial charge is 0.378 e. The molecule has 1 N–H and O–H groups in total. The monoisotopic (exact) mass is 343 g/mol. The Bertz CT molecular complexity index is 566. The first-order valence-corrected chi connectivity index (χ1v) is 9.73. The Morgan fingerprint density at radius 2 is 1.72 bits per heavy atom. The molecule has 1 aromatic carbocycles. The molecule has 0 unspecified atom stereocenters. The molecular weight excluding hydrogens is 314 g/mol. The second-order valence-electron chi connectivity index (χ2n) is 7.55. The van der Waals surface area contributed by atoms with Crippen LogP contribution in [0.1, 0.15) is 36.0 Å². The van der Waals surface area contributed by atoms with E-state index in [4.69, 9.17) is 4.74 Å². The van der Waals surface area contributed by atoms with Crippen LogP contribution in [-0.2, 0) is 4.74 Å². The number of hydrogen-bond donors (Lipinski definition) is 1. The highest BCUT2D eigenvalue weighted by molar-refractivity contribution is 5.94. The van der Waals surface area contributed by atoms with Gasteiger partial charge in [-0.3, -0.25) is 9.69 Å². The molecule has 1 amide bonds. The van der Waals surface area contributed by atoms with E-state index < -0.39 is 0 Å². The first-order valence-electron chi connectivity index (χ1n) is 9.73. The Balaban J connectivity index is 1.28. The molecule has 3 aliphatic heterocycles. The molecule has 0 spiro atoms. The van der Waals surface area contributed by atoms with Gasteiger partial charge in [0.05, 0.1) is 19.3 Å². The van der Waals surface area contributed by atoms with Crippen LogP contribution in [0.3, 0.4) is 0 Å². The lowest BCUT2D eigenvalue weighted by Crippen LogP contribution is -2.54. The van der Waals surface area contributed by atoms with E-state index in [-0.39, 0.29) is 5.91 Å². The van der Waals surface area contributed by atoms with E-state index in [2.05, 4.69) is 10.2 Å². The number of piperidine rings is 1. The van der Waals surface area contributed by atoms with Crippen molar-refractivity contribution < 1.29 is 9.53 Å². The quantitative estimate of drug-likeness (QED) is 0.905. The molecule has 0 aromatic heterocycles. The van der Waals surface area contributed by atoms with Gasteiger partial charge in [-0.15, -0.1) is 0 Å². The normalized spacial score (nSPS) is 28.6. The first-order chi connectivity index (χ1) is 12.3. The van der Waals surface area contributed by atoms with Crippen molar-refractivity contribution in [3.63, 3.8) is 0 Å². The maximum atomic E-state index is 12.6. The third-order valence-electron chi connectivity index (χ3n) is 5.91. The maximum Gasteiger partial charge on any atom is 0.253 e. The predicted molar refractivity (Wildman–Crippen MR) is 97.7 cm³/mol. The summed E-state index contributed by atoms with van der Waals surface area (Å²) in [6.07, 6.45) is 4.70. The van der Waals surface area contributed by atoms with Crippen LogP contribution in [0, 0.1) is 0 Å². The Labute approximate surface area is 150 Å². The lowest BCUT2D eigenvalue weighted by molar-refractivity contribution is 0.0697. The second kappa shape index (κ2) is 7.85. The Hall–Kier alpha value is -1.43. The highest BCUT2D eigenvalue weighted by Gasteiger charge is 2.36. The van der Waals surface area contributed by atoms with E-state index in [0.717, 1.165) is 44.7 Å². The zero-order valence-corrected chi connectivity index (χ0v) is 14.9. The molecule has 3 fully saturated rings. The summed E-state index contributed by atoms with van der Waals surface area (Å²) in [5, 5.41) is 3.84. The maximum absolute atomic E-state index is 12.6. The number of nitrogens with one attached hydrogen (secondary N) is 1. The van der Waals surface area contributed by atoms with Crippen LogP contribution in [0.4, 0.5) is 0 Å². The van der Waals surface area contributed by atoms with Gasteiger partial charge in [-0.25, -0.2) is 0 Å². The van der Waals surface area contributed by atoms with Crippen LogP contribution in [0.25, 0.3) is 0 Å². The fraction of sp³-hybridized carbons (Fsp3) is 0.650. The van der Waals surface area contributed by atoms with Crippen molar-refractivity contribution in [2.75, 3.05) is 39.4 Å². The van der Waals surface area contributed by atoms with Crippen LogP contribution < -0.4 is 5.32 Å². The summed E-state index contributed by atoms with van der Waals surface area (Å²) >= 11 is 0. The standard InChI is InChI=1S/C20H29N3O2/c24-20(16-6-2-1-3-7-16)23-12-8-17(9-13-23)21-18-14-25-15-19(18)22-10-4-5-11-22/h1-3,6-7,17-19,21H,4-5,8-15H2/t18-,19-/m0/s1. The fourth-order valence-corrected chi connectivity index (χ4v) is 4.45. The van der Waals surface area contributed by atoms with Crippen molar-refractivity contribution in [1.82, 2.24) is 15.1 Å². The van der Waals surface area contributed by atoms with Gasteiger partial charge in [-0.2, -0.15) is 0 Å². The van der Waals surface area contributed by atoms with E-state index >= 15 is 0 Å². The number of ether oxygens (including phenoxy) is 1. The number of hydrogen-bond acceptors (Lipinski definition) is 4. The summed E-state index contributed by atoms with van der Waals surface area (Å²) in [4.78, 5) is 17.1. The third kappa shape index (κ3) is 3.89. The number of likely N-dealkylation sites (tertiary alicyclic amines) is 2. The molecule has 0 saturated carbocycles. The highest BCUT2D eigenvalue weighted by Crippen LogP contribution is 2.21. The van der Waals surface area contributed by atoms with Gasteiger partial charge in [0.1, 0.15) is 0 Å². The van der Waals surface area contributed by atoms with Crippen molar-refractivity contribution in [1.29, 1.82) is 0 Å². The smallest absolute Gasteiger partial charge is 0.253 e. The van der Waals surface area contributed by atoms with Crippen LogP contribution in [0.5, 0.6) is 0 Å². The van der Waals surface area contributed by atoms with E-state index in [1.807, 2.05) is 35.2 Å². The average molecular weight is 343 g/mol. The molecule has 3 heterocycles. The van der Waals surface area contributed by atoms with Crippen molar-refractivity contribution in [2.24, 2.45) is 0 Å². The molecule has 3 saturated heterocycles. The lowest BCUT2D eigenvalue weighted by Gasteiger charge is -2.36. The van der Waals surface area contributed by atoms with Gasteiger partial charge in [0.15, 0.2) is 0 Å². The first kappa shape index (κ1) is 17.0. The van der Waals surface area contributed by atoms with Gasteiger partial charge in [0.2, 0.25) is 0 Å². The summed E-state index contributed by atoms with van der Waals surface area (Å²) < 4.78 is 5.77. The number of amides is 1. The number of carbonyl (C=O) groups is 1. The second-order valence-corrected chi connectivity index (χ2v) is 7.55. The van der Waals surface area contributed by atoms with Gasteiger partial charge in [-0.05, 0) is 50.9 Å². The molecule has 25 heavy (non-hydrogen) atoms. The van der Waals surface area contributed by atoms with Gasteiger partial charge in [0.25, 0.3) is 5.91 Å². The highest BCUT2D eigenvalue weighted by atomic mass is 16.5. The number of nitrogens with zero attached hydrogens (tertiary/aromatic N) is 2. The number of benzene rings is 1. The van der Waals surface area contributed by atoms with E-state index in [9.17, 15) is 4.79 Å². The van der Waals surface area contributed by atoms with E-state index in [0.29, 0.717) is 18.1 Å². The molecule has 0 bridgehead atoms. The summed E-state index contributed by atoms with van der Waals surface area (Å²) in [6.45, 7) is 5.81. The molecule has 4 rings (SSSR count). The Morgan fingerprint density at radius 1 is 1.00 bits per heavy atom. The minimum absolute atomic E-state index is 0.165. The van der Waals surface area contributed by atoms with Gasteiger partial charge < -0.3 is 15.0 Å². The SMILES string of the molecule is O=C(c1ccccc1)N1CCC(N[C@H]2COC[C@@H]2N2CCCC2)CC1. The summed E-state index contributed by atoms with van der Waals surface area (Å²) in [6, 6.07) is 11.1. The van der Waals surface area contributed by atoms with Crippen molar-refractivity contribution in [2.45, 2.75) is 43.8 Å².